The number of rotatable bonds is 3. The molecule has 4 nitrogen and oxygen atoms in total. The second-order valence-electron chi connectivity index (χ2n) is 7.03. The van der Waals surface area contributed by atoms with E-state index in [0.29, 0.717) is 0 Å². The Bertz CT molecular complexity index is 1260. The molecule has 0 aliphatic heterocycles. The normalized spacial score (nSPS) is 10.0. The minimum atomic E-state index is 0. The molecule has 6 aromatic rings. The first-order valence-corrected chi connectivity index (χ1v) is 12.4. The number of fused-ring (bicyclic) bond motifs is 2. The summed E-state index contributed by atoms with van der Waals surface area (Å²) in [6.07, 6.45) is 3.63. The first-order valence-electron chi connectivity index (χ1n) is 10.7. The molecule has 0 saturated carbocycles. The summed E-state index contributed by atoms with van der Waals surface area (Å²) in [5, 5.41) is 2.34. The second kappa shape index (κ2) is 14.0. The Morgan fingerprint density at radius 3 is 1.31 bits per heavy atom. The van der Waals surface area contributed by atoms with Crippen molar-refractivity contribution >= 4 is 42.8 Å². The van der Waals surface area contributed by atoms with Gasteiger partial charge in [-0.05, 0) is 31.3 Å². The molecule has 0 amide bonds. The number of aromatic nitrogens is 2. The van der Waals surface area contributed by atoms with E-state index in [-0.39, 0.29) is 33.2 Å². The molecule has 0 fully saturated rings. The average molecular weight is 671 g/mol. The van der Waals surface area contributed by atoms with Crippen molar-refractivity contribution < 1.29 is 20.1 Å². The van der Waals surface area contributed by atoms with E-state index in [1.165, 1.54) is 20.2 Å². The van der Waals surface area contributed by atoms with E-state index >= 15 is 0 Å². The number of benzene rings is 2. The zero-order valence-electron chi connectivity index (χ0n) is 18.7. The zero-order chi connectivity index (χ0) is 23.6. The fourth-order valence-corrected chi connectivity index (χ4v) is 5.02. The number of thiophene rings is 2. The molecule has 0 atom stereocenters. The van der Waals surface area contributed by atoms with Gasteiger partial charge in [0, 0.05) is 43.9 Å². The molecule has 6 rings (SSSR count). The van der Waals surface area contributed by atoms with Crippen molar-refractivity contribution in [2.75, 3.05) is 13.1 Å². The molecule has 0 bridgehead atoms. The van der Waals surface area contributed by atoms with Gasteiger partial charge in [-0.3, -0.25) is 0 Å². The Morgan fingerprint density at radius 1 is 0.571 bits per heavy atom. The maximum Gasteiger partial charge on any atom is 0.0161 e. The molecule has 0 aliphatic rings. The van der Waals surface area contributed by atoms with E-state index < -0.39 is 0 Å². The number of pyridine rings is 2. The van der Waals surface area contributed by atoms with Crippen LogP contribution < -0.4 is 0 Å². The van der Waals surface area contributed by atoms with Crippen molar-refractivity contribution in [2.45, 2.75) is 0 Å². The van der Waals surface area contributed by atoms with Crippen molar-refractivity contribution in [1.82, 2.24) is 9.97 Å². The molecule has 4 heterocycles. The largest absolute Gasteiger partial charge is 0.679 e. The van der Waals surface area contributed by atoms with Crippen LogP contribution in [-0.2, 0) is 20.1 Å². The summed E-state index contributed by atoms with van der Waals surface area (Å²) in [6, 6.07) is 35.2. The third kappa shape index (κ3) is 7.36. The number of nitrogens with zero attached hydrogens (tertiary/aromatic N) is 2. The Hall–Kier alpha value is -2.77. The molecule has 1 radical (unpaired) electrons. The number of nitrogens with one attached hydrogen (secondary N) is 2. The fraction of sp³-hybridized carbons (Fsp3) is 0.0714. The zero-order valence-corrected chi connectivity index (χ0v) is 22.7. The third-order valence-electron chi connectivity index (χ3n) is 4.61. The maximum atomic E-state index is 6.26. The minimum absolute atomic E-state index is 0. The molecular weight excluding hydrogens is 649 g/mol. The molecule has 0 unspecified atom stereocenters. The van der Waals surface area contributed by atoms with Gasteiger partial charge >= 0.3 is 0 Å². The summed E-state index contributed by atoms with van der Waals surface area (Å²) in [5.41, 5.74) is 14.5. The molecule has 7 heteroatoms. The van der Waals surface area contributed by atoms with E-state index in [1.807, 2.05) is 60.9 Å². The van der Waals surface area contributed by atoms with Crippen LogP contribution in [0.4, 0.5) is 0 Å². The van der Waals surface area contributed by atoms with Crippen molar-refractivity contribution in [1.29, 1.82) is 0 Å². The van der Waals surface area contributed by atoms with Crippen molar-refractivity contribution in [2.24, 2.45) is 0 Å². The van der Waals surface area contributed by atoms with Gasteiger partial charge in [-0.2, -0.15) is 13.1 Å². The Kier molecular flexibility index (Phi) is 10.7. The summed E-state index contributed by atoms with van der Waals surface area (Å²) in [4.78, 5) is 10.9. The molecule has 0 saturated heterocycles. The van der Waals surface area contributed by atoms with Crippen LogP contribution >= 0.6 is 22.7 Å². The Labute approximate surface area is 227 Å². The fourth-order valence-electron chi connectivity index (χ4n) is 3.06. The summed E-state index contributed by atoms with van der Waals surface area (Å²) in [6.45, 7) is 0.472. The topological polar surface area (TPSA) is 73.4 Å². The predicted octanol–water partition coefficient (Wildman–Crippen LogP) is 8.62. The van der Waals surface area contributed by atoms with Crippen LogP contribution in [-0.4, -0.2) is 23.1 Å². The molecular formula is C28H22IrN4S2-4. The number of hydrogen-bond donors (Lipinski definition) is 0. The Morgan fingerprint density at radius 2 is 0.971 bits per heavy atom. The van der Waals surface area contributed by atoms with Crippen LogP contribution in [0.2, 0.25) is 0 Å². The van der Waals surface area contributed by atoms with E-state index in [9.17, 15) is 0 Å². The van der Waals surface area contributed by atoms with Gasteiger partial charge in [0.05, 0.1) is 0 Å². The van der Waals surface area contributed by atoms with Crippen LogP contribution in [0.25, 0.3) is 52.8 Å². The van der Waals surface area contributed by atoms with E-state index in [0.717, 1.165) is 21.1 Å². The average Bonchev–Trinajstić information content (AvgIpc) is 3.55. The van der Waals surface area contributed by atoms with E-state index in [4.69, 9.17) is 11.5 Å². The van der Waals surface area contributed by atoms with Crippen LogP contribution in [0.3, 0.4) is 0 Å². The summed E-state index contributed by atoms with van der Waals surface area (Å²) in [7, 11) is 0. The SMILES string of the molecule is [Ir].[NH-]CC[NH-].[c-]1c(-c2ccccn2)sc2ccccc12.[c-]1c(-c2ccccn2)sc2ccccc12. The predicted molar refractivity (Wildman–Crippen MR) is 146 cm³/mol. The van der Waals surface area contributed by atoms with Gasteiger partial charge in [0.25, 0.3) is 0 Å². The summed E-state index contributed by atoms with van der Waals surface area (Å²) in [5.74, 6) is 0. The van der Waals surface area contributed by atoms with Crippen molar-refractivity contribution in [3.63, 3.8) is 0 Å². The first-order chi connectivity index (χ1) is 16.8. The standard InChI is InChI=1S/2C13H8NS.C2H6N2.Ir/c2*1-2-7-12-10(5-1)9-13(15-12)11-6-3-4-8-14-11;3-1-2-4;/h2*1-8H;3-4H,1-2H2;/q2*-1;-2;. The smallest absolute Gasteiger partial charge is 0.0161 e. The van der Waals surface area contributed by atoms with Gasteiger partial charge < -0.3 is 21.4 Å². The van der Waals surface area contributed by atoms with Gasteiger partial charge in [-0.1, -0.05) is 48.5 Å². The molecule has 2 aromatic carbocycles. The van der Waals surface area contributed by atoms with Crippen molar-refractivity contribution in [3.05, 3.63) is 121 Å². The maximum absolute atomic E-state index is 6.26. The van der Waals surface area contributed by atoms with E-state index in [1.54, 1.807) is 22.7 Å². The number of hydrogen-bond acceptors (Lipinski definition) is 4. The van der Waals surface area contributed by atoms with Gasteiger partial charge in [0.15, 0.2) is 0 Å². The molecule has 179 valence electrons. The summed E-state index contributed by atoms with van der Waals surface area (Å²) >= 11 is 3.46. The minimum Gasteiger partial charge on any atom is -0.679 e. The first kappa shape index (κ1) is 26.8. The van der Waals surface area contributed by atoms with Gasteiger partial charge in [-0.25, -0.2) is 22.7 Å². The van der Waals surface area contributed by atoms with Gasteiger partial charge in [0.2, 0.25) is 0 Å². The third-order valence-corrected chi connectivity index (χ3v) is 6.80. The van der Waals surface area contributed by atoms with Crippen LogP contribution in [0, 0.1) is 12.1 Å². The molecule has 35 heavy (non-hydrogen) atoms. The van der Waals surface area contributed by atoms with E-state index in [2.05, 4.69) is 58.5 Å². The molecule has 0 aliphatic carbocycles. The van der Waals surface area contributed by atoms with Crippen LogP contribution in [0.1, 0.15) is 0 Å². The molecule has 2 N–H and O–H groups in total. The van der Waals surface area contributed by atoms with Gasteiger partial charge in [-0.15, -0.1) is 47.2 Å². The van der Waals surface area contributed by atoms with Crippen LogP contribution in [0.15, 0.2) is 97.3 Å². The molecule has 0 spiro atoms. The van der Waals surface area contributed by atoms with Gasteiger partial charge in [0.1, 0.15) is 0 Å². The monoisotopic (exact) mass is 671 g/mol. The Balaban J connectivity index is 0.000000166. The summed E-state index contributed by atoms with van der Waals surface area (Å²) < 4.78 is 2.52. The van der Waals surface area contributed by atoms with Crippen LogP contribution in [0.5, 0.6) is 0 Å². The van der Waals surface area contributed by atoms with Crippen molar-refractivity contribution in [3.8, 4) is 21.1 Å². The molecule has 4 aromatic heterocycles. The quantitative estimate of drug-likeness (QED) is 0.177. The second-order valence-corrected chi connectivity index (χ2v) is 9.14.